The Morgan fingerprint density at radius 3 is 1.90 bits per heavy atom. The van der Waals surface area contributed by atoms with Crippen molar-refractivity contribution >= 4 is 28.1 Å². The van der Waals surface area contributed by atoms with E-state index in [0.717, 1.165) is 50.9 Å². The number of para-hydroxylation sites is 1. The molecule has 2 aliphatic rings. The van der Waals surface area contributed by atoms with Gasteiger partial charge in [-0.05, 0) is 104 Å². The van der Waals surface area contributed by atoms with Crippen LogP contribution in [0, 0.1) is 0 Å². The molecule has 0 spiro atoms. The lowest BCUT2D eigenvalue weighted by Crippen LogP contribution is -2.28. The summed E-state index contributed by atoms with van der Waals surface area (Å²) < 4.78 is 0. The Kier molecular flexibility index (Phi) is 8.82. The van der Waals surface area contributed by atoms with E-state index in [9.17, 15) is 0 Å². The van der Waals surface area contributed by atoms with Crippen molar-refractivity contribution in [3.05, 3.63) is 263 Å². The van der Waals surface area contributed by atoms with Crippen LogP contribution in [-0.2, 0) is 11.8 Å². The molecule has 0 radical (unpaired) electrons. The topological polar surface area (TPSA) is 37.6 Å². The first-order chi connectivity index (χ1) is 30.1. The first-order valence-corrected chi connectivity index (χ1v) is 20.9. The molecule has 0 amide bonds. The Balaban J connectivity index is 1.03. The number of benzene rings is 8. The van der Waals surface area contributed by atoms with Gasteiger partial charge in [-0.3, -0.25) is 4.98 Å². The Bertz CT molecular complexity index is 3190. The van der Waals surface area contributed by atoms with E-state index in [1.807, 2.05) is 12.3 Å². The summed E-state index contributed by atoms with van der Waals surface area (Å²) >= 11 is 0. The molecule has 61 heavy (non-hydrogen) atoms. The minimum Gasteiger partial charge on any atom is -0.256 e. The van der Waals surface area contributed by atoms with E-state index in [-0.39, 0.29) is 0 Å². The zero-order chi connectivity index (χ0) is 40.9. The standard InChI is InChI=1S/C58H41N3/c1-38(43-17-12-21-48(37-43)58(47-19-4-3-5-20-47)54-26-10-8-23-52(54)53-24-9-11-27-55(53)58)60-57(42-30-28-40(29-31-42)51-25-13-16-41-18-14-34-59-56(41)51)61-39(2)44-32-33-50-46(35-44)36-45-15-6-7-22-49(45)50/h3-35,37H,1,36H2,2H3/b60-57-,61-39+. The minimum absolute atomic E-state index is 0.522. The zero-order valence-corrected chi connectivity index (χ0v) is 33.9. The van der Waals surface area contributed by atoms with Gasteiger partial charge in [0.15, 0.2) is 5.84 Å². The molecule has 288 valence electrons. The summed E-state index contributed by atoms with van der Waals surface area (Å²) in [4.78, 5) is 15.4. The smallest absolute Gasteiger partial charge is 0.160 e. The van der Waals surface area contributed by atoms with Crippen LogP contribution in [0.4, 0.5) is 0 Å². The largest absolute Gasteiger partial charge is 0.256 e. The van der Waals surface area contributed by atoms with Crippen LogP contribution in [0.25, 0.3) is 50.0 Å². The fourth-order valence-corrected chi connectivity index (χ4v) is 9.72. The Morgan fingerprint density at radius 1 is 0.492 bits per heavy atom. The molecule has 0 aliphatic heterocycles. The van der Waals surface area contributed by atoms with Crippen LogP contribution >= 0.6 is 0 Å². The molecular weight excluding hydrogens is 739 g/mol. The molecule has 11 rings (SSSR count). The lowest BCUT2D eigenvalue weighted by Gasteiger charge is -2.34. The lowest BCUT2D eigenvalue weighted by atomic mass is 9.67. The quantitative estimate of drug-likeness (QED) is 0.117. The molecule has 1 aromatic heterocycles. The van der Waals surface area contributed by atoms with Gasteiger partial charge in [0.1, 0.15) is 0 Å². The van der Waals surface area contributed by atoms with Gasteiger partial charge in [0.2, 0.25) is 0 Å². The summed E-state index contributed by atoms with van der Waals surface area (Å²) in [7, 11) is 0. The average Bonchev–Trinajstić information content (AvgIpc) is 3.85. The Morgan fingerprint density at radius 2 is 1.11 bits per heavy atom. The predicted molar refractivity (Wildman–Crippen MR) is 253 cm³/mol. The van der Waals surface area contributed by atoms with E-state index in [2.05, 4.69) is 208 Å². The second kappa shape index (κ2) is 14.8. The number of fused-ring (bicyclic) bond motifs is 7. The highest BCUT2D eigenvalue weighted by Gasteiger charge is 2.45. The highest BCUT2D eigenvalue weighted by Crippen LogP contribution is 2.56. The third kappa shape index (κ3) is 6.08. The molecule has 3 nitrogen and oxygen atoms in total. The van der Waals surface area contributed by atoms with Gasteiger partial charge in [-0.2, -0.15) is 0 Å². The van der Waals surface area contributed by atoms with Gasteiger partial charge in [-0.15, -0.1) is 0 Å². The van der Waals surface area contributed by atoms with Crippen LogP contribution in [0.1, 0.15) is 57.0 Å². The van der Waals surface area contributed by atoms with Crippen LogP contribution in [0.2, 0.25) is 0 Å². The Hall–Kier alpha value is -7.75. The van der Waals surface area contributed by atoms with Crippen LogP contribution in [-0.4, -0.2) is 16.5 Å². The van der Waals surface area contributed by atoms with Gasteiger partial charge in [-0.25, -0.2) is 9.98 Å². The van der Waals surface area contributed by atoms with E-state index < -0.39 is 5.41 Å². The van der Waals surface area contributed by atoms with Gasteiger partial charge in [0.05, 0.1) is 16.6 Å². The summed E-state index contributed by atoms with van der Waals surface area (Å²) in [6.07, 6.45) is 2.78. The van der Waals surface area contributed by atoms with Crippen molar-refractivity contribution in [3.8, 4) is 33.4 Å². The SMILES string of the molecule is C=C(/N=C(\N=C(/C)c1ccc2c(c1)Cc1ccccc1-2)c1ccc(-c2cccc3cccnc23)cc1)c1cccc(C2(c3ccccc3)c3ccccc3-c3ccccc32)c1. The predicted octanol–water partition coefficient (Wildman–Crippen LogP) is 13.8. The molecule has 0 N–H and O–H groups in total. The van der Waals surface area contributed by atoms with Crippen molar-refractivity contribution in [2.75, 3.05) is 0 Å². The van der Waals surface area contributed by atoms with Gasteiger partial charge < -0.3 is 0 Å². The second-order valence-electron chi connectivity index (χ2n) is 16.0. The van der Waals surface area contributed by atoms with Crippen molar-refractivity contribution < 1.29 is 0 Å². The molecule has 1 heterocycles. The van der Waals surface area contributed by atoms with E-state index in [1.165, 1.54) is 55.6 Å². The molecule has 0 fully saturated rings. The summed E-state index contributed by atoms with van der Waals surface area (Å²) in [6.45, 7) is 6.71. The number of amidine groups is 1. The van der Waals surface area contributed by atoms with Crippen LogP contribution in [0.15, 0.2) is 223 Å². The van der Waals surface area contributed by atoms with E-state index >= 15 is 0 Å². The van der Waals surface area contributed by atoms with Gasteiger partial charge in [0, 0.05) is 28.4 Å². The zero-order valence-electron chi connectivity index (χ0n) is 33.9. The molecule has 0 saturated heterocycles. The highest BCUT2D eigenvalue weighted by atomic mass is 14.9. The third-order valence-electron chi connectivity index (χ3n) is 12.6. The van der Waals surface area contributed by atoms with E-state index in [4.69, 9.17) is 15.0 Å². The van der Waals surface area contributed by atoms with Gasteiger partial charge >= 0.3 is 0 Å². The Labute approximate surface area is 356 Å². The molecule has 8 aromatic carbocycles. The van der Waals surface area contributed by atoms with Crippen molar-refractivity contribution in [1.29, 1.82) is 0 Å². The summed E-state index contributed by atoms with van der Waals surface area (Å²) in [6, 6.07) is 71.7. The summed E-state index contributed by atoms with van der Waals surface area (Å²) in [5.74, 6) is 0.605. The lowest BCUT2D eigenvalue weighted by molar-refractivity contribution is 0.768. The van der Waals surface area contributed by atoms with Crippen molar-refractivity contribution in [3.63, 3.8) is 0 Å². The molecule has 9 aromatic rings. The number of hydrogen-bond donors (Lipinski definition) is 0. The van der Waals surface area contributed by atoms with Crippen molar-refractivity contribution in [1.82, 2.24) is 4.98 Å². The minimum atomic E-state index is -0.522. The fraction of sp³-hybridized carbons (Fsp3) is 0.0517. The third-order valence-corrected chi connectivity index (χ3v) is 12.6. The molecule has 0 saturated carbocycles. The maximum absolute atomic E-state index is 5.32. The molecule has 0 unspecified atom stereocenters. The number of nitrogens with zero attached hydrogens (tertiary/aromatic N) is 3. The number of hydrogen-bond acceptors (Lipinski definition) is 2. The monoisotopic (exact) mass is 779 g/mol. The first kappa shape index (κ1) is 36.3. The molecule has 3 heteroatoms. The number of rotatable bonds is 7. The second-order valence-corrected chi connectivity index (χ2v) is 16.0. The molecule has 0 bridgehead atoms. The van der Waals surface area contributed by atoms with Crippen LogP contribution in [0.5, 0.6) is 0 Å². The molecule has 2 aliphatic carbocycles. The van der Waals surface area contributed by atoms with E-state index in [0.29, 0.717) is 11.5 Å². The maximum atomic E-state index is 5.32. The number of pyridine rings is 1. The maximum Gasteiger partial charge on any atom is 0.160 e. The summed E-state index contributed by atoms with van der Waals surface area (Å²) in [5.41, 5.74) is 19.8. The summed E-state index contributed by atoms with van der Waals surface area (Å²) in [5, 5.41) is 1.11. The fourth-order valence-electron chi connectivity index (χ4n) is 9.72. The molecular formula is C58H41N3. The number of aliphatic imine (C=N–C) groups is 2. The van der Waals surface area contributed by atoms with Crippen LogP contribution < -0.4 is 0 Å². The average molecular weight is 780 g/mol. The molecule has 0 atom stereocenters. The van der Waals surface area contributed by atoms with Gasteiger partial charge in [-0.1, -0.05) is 189 Å². The number of aromatic nitrogens is 1. The normalized spacial score (nSPS) is 13.7. The van der Waals surface area contributed by atoms with Crippen molar-refractivity contribution in [2.24, 2.45) is 9.98 Å². The highest BCUT2D eigenvalue weighted by molar-refractivity contribution is 6.13. The van der Waals surface area contributed by atoms with Crippen LogP contribution in [0.3, 0.4) is 0 Å². The van der Waals surface area contributed by atoms with E-state index in [1.54, 1.807) is 0 Å². The van der Waals surface area contributed by atoms with Crippen molar-refractivity contribution in [2.45, 2.75) is 18.8 Å². The first-order valence-electron chi connectivity index (χ1n) is 20.9. The van der Waals surface area contributed by atoms with Gasteiger partial charge in [0.25, 0.3) is 0 Å².